The predicted octanol–water partition coefficient (Wildman–Crippen LogP) is 5.55. The number of benzene rings is 3. The van der Waals surface area contributed by atoms with E-state index in [1.807, 2.05) is 85.8 Å². The molecular formula is C30H29N3O5. The van der Waals surface area contributed by atoms with Crippen LogP contribution >= 0.6 is 0 Å². The Labute approximate surface area is 221 Å². The molecule has 8 heteroatoms. The van der Waals surface area contributed by atoms with Crippen molar-refractivity contribution in [1.82, 2.24) is 14.8 Å². The van der Waals surface area contributed by atoms with Crippen LogP contribution < -0.4 is 14.2 Å². The van der Waals surface area contributed by atoms with Crippen LogP contribution in [0.25, 0.3) is 11.5 Å². The fraction of sp³-hybridized carbons (Fsp3) is 0.200. The molecule has 8 nitrogen and oxygen atoms in total. The highest BCUT2D eigenvalue weighted by Gasteiger charge is 2.15. The maximum absolute atomic E-state index is 9.77. The third kappa shape index (κ3) is 5.87. The minimum Gasteiger partial charge on any atom is -0.493 e. The van der Waals surface area contributed by atoms with Crippen molar-refractivity contribution in [3.8, 4) is 28.8 Å². The highest BCUT2D eigenvalue weighted by Crippen LogP contribution is 2.30. The number of hydrogen-bond acceptors (Lipinski definition) is 7. The molecule has 38 heavy (non-hydrogen) atoms. The monoisotopic (exact) mass is 511 g/mol. The summed E-state index contributed by atoms with van der Waals surface area (Å²) in [4.78, 5) is 4.59. The number of hydrogen-bond donors (Lipinski definition) is 1. The number of methoxy groups -OCH3 is 1. The van der Waals surface area contributed by atoms with E-state index >= 15 is 0 Å². The van der Waals surface area contributed by atoms with Crippen LogP contribution in [0.2, 0.25) is 0 Å². The summed E-state index contributed by atoms with van der Waals surface area (Å²) in [6.07, 6.45) is 1.80. The first-order valence-electron chi connectivity index (χ1n) is 12.3. The fourth-order valence-corrected chi connectivity index (χ4v) is 4.01. The molecule has 0 amide bonds. The summed E-state index contributed by atoms with van der Waals surface area (Å²) < 4.78 is 25.1. The minimum absolute atomic E-state index is 0.159. The van der Waals surface area contributed by atoms with Crippen LogP contribution in [0.1, 0.15) is 28.1 Å². The predicted molar refractivity (Wildman–Crippen MR) is 142 cm³/mol. The molecular weight excluding hydrogens is 482 g/mol. The molecule has 1 N–H and O–H groups in total. The summed E-state index contributed by atoms with van der Waals surface area (Å²) in [5.41, 5.74) is 4.26. The van der Waals surface area contributed by atoms with Crippen LogP contribution in [0.3, 0.4) is 0 Å². The van der Waals surface area contributed by atoms with Crippen molar-refractivity contribution in [3.63, 3.8) is 0 Å². The van der Waals surface area contributed by atoms with Gasteiger partial charge in [0, 0.05) is 11.8 Å². The molecule has 0 saturated carbocycles. The van der Waals surface area contributed by atoms with E-state index in [4.69, 9.17) is 18.6 Å². The first-order chi connectivity index (χ1) is 18.6. The van der Waals surface area contributed by atoms with E-state index < -0.39 is 0 Å². The van der Waals surface area contributed by atoms with Gasteiger partial charge in [-0.3, -0.25) is 4.68 Å². The number of ether oxygens (including phenoxy) is 3. The molecule has 0 atom stereocenters. The molecule has 2 heterocycles. The van der Waals surface area contributed by atoms with E-state index in [9.17, 15) is 5.11 Å². The van der Waals surface area contributed by atoms with Gasteiger partial charge in [0.15, 0.2) is 11.5 Å². The zero-order chi connectivity index (χ0) is 26.3. The summed E-state index contributed by atoms with van der Waals surface area (Å²) in [7, 11) is 1.59. The Balaban J connectivity index is 1.23. The van der Waals surface area contributed by atoms with Gasteiger partial charge in [-0.05, 0) is 42.3 Å². The molecule has 0 bridgehead atoms. The van der Waals surface area contributed by atoms with E-state index in [0.717, 1.165) is 22.4 Å². The van der Waals surface area contributed by atoms with Gasteiger partial charge in [0.2, 0.25) is 11.8 Å². The van der Waals surface area contributed by atoms with E-state index in [1.54, 1.807) is 18.0 Å². The Morgan fingerprint density at radius 2 is 1.63 bits per heavy atom. The number of nitrogens with zero attached hydrogens (tertiary/aromatic N) is 3. The summed E-state index contributed by atoms with van der Waals surface area (Å²) >= 11 is 0. The lowest BCUT2D eigenvalue weighted by atomic mass is 10.2. The molecule has 0 aliphatic rings. The number of oxazole rings is 1. The normalized spacial score (nSPS) is 10.9. The fourth-order valence-electron chi connectivity index (χ4n) is 4.01. The van der Waals surface area contributed by atoms with Gasteiger partial charge < -0.3 is 23.7 Å². The molecule has 0 radical (unpaired) electrons. The van der Waals surface area contributed by atoms with Crippen LogP contribution in [0.15, 0.2) is 89.5 Å². The van der Waals surface area contributed by atoms with E-state index in [0.29, 0.717) is 41.1 Å². The standard InChI is InChI=1S/C30H29N3O5/c1-21-26(31-29(38-21)24-11-7-4-8-12-24)20-36-27-14-13-23(15-28(27)35-2)19-37-30-25(18-34)17-33(32-30)16-22-9-5-3-6-10-22/h3-15,17,34H,16,18-20H2,1-2H3. The topological polar surface area (TPSA) is 91.8 Å². The second kappa shape index (κ2) is 11.7. The average Bonchev–Trinajstić information content (AvgIpc) is 3.54. The van der Waals surface area contributed by atoms with Crippen molar-refractivity contribution in [2.45, 2.75) is 33.3 Å². The van der Waals surface area contributed by atoms with Crippen molar-refractivity contribution in [2.24, 2.45) is 0 Å². The number of aryl methyl sites for hydroxylation is 1. The first kappa shape index (κ1) is 25.1. The first-order valence-corrected chi connectivity index (χ1v) is 12.3. The molecule has 0 aliphatic heterocycles. The second-order valence-electron chi connectivity index (χ2n) is 8.75. The molecule has 0 saturated heterocycles. The van der Waals surface area contributed by atoms with Crippen LogP contribution in [-0.2, 0) is 26.4 Å². The molecule has 0 aliphatic carbocycles. The minimum atomic E-state index is -0.159. The van der Waals surface area contributed by atoms with Crippen molar-refractivity contribution in [3.05, 3.63) is 113 Å². The third-order valence-corrected chi connectivity index (χ3v) is 6.04. The zero-order valence-corrected chi connectivity index (χ0v) is 21.3. The molecule has 194 valence electrons. The summed E-state index contributed by atoms with van der Waals surface area (Å²) in [6.45, 7) is 2.81. The Kier molecular flexibility index (Phi) is 7.70. The Hall–Kier alpha value is -4.56. The average molecular weight is 512 g/mol. The summed E-state index contributed by atoms with van der Waals surface area (Å²) in [5.74, 6) is 2.84. The van der Waals surface area contributed by atoms with Gasteiger partial charge in [-0.2, -0.15) is 0 Å². The molecule has 3 aromatic carbocycles. The van der Waals surface area contributed by atoms with Crippen molar-refractivity contribution < 1.29 is 23.7 Å². The van der Waals surface area contributed by atoms with E-state index in [1.165, 1.54) is 0 Å². The maximum atomic E-state index is 9.77. The van der Waals surface area contributed by atoms with Gasteiger partial charge in [0.25, 0.3) is 0 Å². The Bertz CT molecular complexity index is 1480. The Morgan fingerprint density at radius 1 is 0.868 bits per heavy atom. The van der Waals surface area contributed by atoms with Gasteiger partial charge in [0.05, 0.1) is 25.8 Å². The lowest BCUT2D eigenvalue weighted by molar-refractivity contribution is 0.253. The summed E-state index contributed by atoms with van der Waals surface area (Å²) in [5, 5.41) is 14.3. The van der Waals surface area contributed by atoms with Crippen molar-refractivity contribution >= 4 is 0 Å². The van der Waals surface area contributed by atoms with Gasteiger partial charge in [-0.25, -0.2) is 4.98 Å². The lowest BCUT2D eigenvalue weighted by Gasteiger charge is -2.12. The van der Waals surface area contributed by atoms with Gasteiger partial charge in [0.1, 0.15) is 24.7 Å². The van der Waals surface area contributed by atoms with E-state index in [-0.39, 0.29) is 19.8 Å². The molecule has 0 fully saturated rings. The SMILES string of the molecule is COc1cc(COc2nn(Cc3ccccc3)cc2CO)ccc1OCc1nc(-c2ccccc2)oc1C. The smallest absolute Gasteiger partial charge is 0.238 e. The molecule has 5 rings (SSSR count). The quantitative estimate of drug-likeness (QED) is 0.248. The molecule has 2 aromatic heterocycles. The number of aromatic nitrogens is 3. The van der Waals surface area contributed by atoms with Crippen LogP contribution in [0, 0.1) is 6.92 Å². The lowest BCUT2D eigenvalue weighted by Crippen LogP contribution is -2.03. The third-order valence-electron chi connectivity index (χ3n) is 6.04. The van der Waals surface area contributed by atoms with E-state index in [2.05, 4.69) is 10.1 Å². The van der Waals surface area contributed by atoms with Gasteiger partial charge in [-0.15, -0.1) is 5.10 Å². The Morgan fingerprint density at radius 3 is 2.37 bits per heavy atom. The van der Waals surface area contributed by atoms with Gasteiger partial charge >= 0.3 is 0 Å². The number of rotatable bonds is 11. The van der Waals surface area contributed by atoms with Crippen LogP contribution in [-0.4, -0.2) is 27.0 Å². The maximum Gasteiger partial charge on any atom is 0.238 e. The van der Waals surface area contributed by atoms with Gasteiger partial charge in [-0.1, -0.05) is 54.6 Å². The van der Waals surface area contributed by atoms with Crippen molar-refractivity contribution in [2.75, 3.05) is 7.11 Å². The largest absolute Gasteiger partial charge is 0.493 e. The molecule has 0 unspecified atom stereocenters. The number of aliphatic hydroxyl groups is 1. The summed E-state index contributed by atoms with van der Waals surface area (Å²) in [6, 6.07) is 25.4. The zero-order valence-electron chi connectivity index (χ0n) is 21.3. The van der Waals surface area contributed by atoms with Crippen LogP contribution in [0.5, 0.6) is 17.4 Å². The molecule has 5 aromatic rings. The molecule has 0 spiro atoms. The van der Waals surface area contributed by atoms with Crippen molar-refractivity contribution in [1.29, 1.82) is 0 Å². The highest BCUT2D eigenvalue weighted by atomic mass is 16.5. The second-order valence-corrected chi connectivity index (χ2v) is 8.75. The highest BCUT2D eigenvalue weighted by molar-refractivity contribution is 5.53. The number of aliphatic hydroxyl groups excluding tert-OH is 1. The van der Waals surface area contributed by atoms with Crippen LogP contribution in [0.4, 0.5) is 0 Å².